The Bertz CT molecular complexity index is 330. The van der Waals surface area contributed by atoms with Crippen molar-refractivity contribution in [2.45, 2.75) is 39.5 Å². The minimum atomic E-state index is -0.498. The third-order valence-electron chi connectivity index (χ3n) is 4.37. The van der Waals surface area contributed by atoms with Gasteiger partial charge in [0, 0.05) is 6.54 Å². The maximum absolute atomic E-state index is 12.0. The van der Waals surface area contributed by atoms with E-state index in [1.165, 1.54) is 12.8 Å². The van der Waals surface area contributed by atoms with E-state index in [-0.39, 0.29) is 5.91 Å². The van der Waals surface area contributed by atoms with Crippen molar-refractivity contribution in [3.8, 4) is 0 Å². The van der Waals surface area contributed by atoms with Crippen LogP contribution in [0.4, 0.5) is 0 Å². The van der Waals surface area contributed by atoms with E-state index in [4.69, 9.17) is 18.0 Å². The van der Waals surface area contributed by atoms with Crippen LogP contribution in [0.3, 0.4) is 0 Å². The van der Waals surface area contributed by atoms with Crippen LogP contribution in [0, 0.1) is 16.7 Å². The Labute approximate surface area is 102 Å². The second-order valence-electron chi connectivity index (χ2n) is 5.65. The van der Waals surface area contributed by atoms with Gasteiger partial charge < -0.3 is 11.1 Å². The first-order chi connectivity index (χ1) is 7.43. The van der Waals surface area contributed by atoms with Crippen LogP contribution in [0.5, 0.6) is 0 Å². The van der Waals surface area contributed by atoms with Gasteiger partial charge in [-0.2, -0.15) is 0 Å². The van der Waals surface area contributed by atoms with Crippen molar-refractivity contribution in [3.63, 3.8) is 0 Å². The lowest BCUT2D eigenvalue weighted by Gasteiger charge is -2.22. The zero-order chi connectivity index (χ0) is 12.0. The lowest BCUT2D eigenvalue weighted by atomic mass is 9.92. The van der Waals surface area contributed by atoms with Gasteiger partial charge in [0.25, 0.3) is 0 Å². The van der Waals surface area contributed by atoms with Crippen molar-refractivity contribution in [2.24, 2.45) is 22.5 Å². The Hall–Kier alpha value is -0.640. The molecule has 0 atom stereocenters. The highest BCUT2D eigenvalue weighted by Crippen LogP contribution is 2.52. The largest absolute Gasteiger partial charge is 0.392 e. The zero-order valence-electron chi connectivity index (χ0n) is 10.0. The van der Waals surface area contributed by atoms with Crippen molar-refractivity contribution in [3.05, 3.63) is 0 Å². The van der Waals surface area contributed by atoms with Crippen LogP contribution >= 0.6 is 12.2 Å². The number of thiocarbonyl (C=S) groups is 1. The quantitative estimate of drug-likeness (QED) is 0.718. The third kappa shape index (κ3) is 1.83. The monoisotopic (exact) mass is 240 g/mol. The molecule has 2 fully saturated rings. The van der Waals surface area contributed by atoms with Gasteiger partial charge in [-0.3, -0.25) is 4.79 Å². The van der Waals surface area contributed by atoms with E-state index in [0.717, 1.165) is 19.4 Å². The highest BCUT2D eigenvalue weighted by atomic mass is 32.1. The fourth-order valence-electron chi connectivity index (χ4n) is 2.25. The highest BCUT2D eigenvalue weighted by molar-refractivity contribution is 7.80. The van der Waals surface area contributed by atoms with Gasteiger partial charge in [-0.25, -0.2) is 0 Å². The van der Waals surface area contributed by atoms with E-state index in [9.17, 15) is 4.79 Å². The van der Waals surface area contributed by atoms with Crippen LogP contribution < -0.4 is 11.1 Å². The van der Waals surface area contributed by atoms with Gasteiger partial charge >= 0.3 is 0 Å². The molecule has 0 spiro atoms. The molecule has 0 bridgehead atoms. The molecule has 0 aromatic rings. The molecule has 2 aliphatic carbocycles. The van der Waals surface area contributed by atoms with E-state index in [2.05, 4.69) is 19.2 Å². The van der Waals surface area contributed by atoms with Crippen LogP contribution in [-0.4, -0.2) is 17.4 Å². The number of hydrogen-bond donors (Lipinski definition) is 2. The van der Waals surface area contributed by atoms with Gasteiger partial charge in [0.05, 0.1) is 10.4 Å². The molecule has 16 heavy (non-hydrogen) atoms. The summed E-state index contributed by atoms with van der Waals surface area (Å²) in [6, 6.07) is 0. The summed E-state index contributed by atoms with van der Waals surface area (Å²) in [5, 5.41) is 3.04. The summed E-state index contributed by atoms with van der Waals surface area (Å²) in [5.74, 6) is 0.680. The minimum Gasteiger partial charge on any atom is -0.392 e. The maximum atomic E-state index is 12.0. The van der Waals surface area contributed by atoms with Crippen LogP contribution in [0.2, 0.25) is 0 Å². The fourth-order valence-corrected chi connectivity index (χ4v) is 2.55. The first-order valence-corrected chi connectivity index (χ1v) is 6.42. The molecule has 0 aromatic heterocycles. The van der Waals surface area contributed by atoms with Gasteiger partial charge in [-0.1, -0.05) is 26.1 Å². The smallest absolute Gasteiger partial charge is 0.233 e. The van der Waals surface area contributed by atoms with E-state index < -0.39 is 5.41 Å². The van der Waals surface area contributed by atoms with Crippen molar-refractivity contribution in [1.29, 1.82) is 0 Å². The first kappa shape index (κ1) is 11.8. The van der Waals surface area contributed by atoms with Crippen LogP contribution in [0.1, 0.15) is 39.5 Å². The fraction of sp³-hybridized carbons (Fsp3) is 0.833. The molecular weight excluding hydrogens is 220 g/mol. The molecule has 1 amide bonds. The summed E-state index contributed by atoms with van der Waals surface area (Å²) < 4.78 is 0. The molecule has 0 aliphatic heterocycles. The molecule has 3 nitrogen and oxygen atoms in total. The maximum Gasteiger partial charge on any atom is 0.233 e. The molecule has 0 heterocycles. The molecule has 90 valence electrons. The van der Waals surface area contributed by atoms with E-state index >= 15 is 0 Å². The average molecular weight is 240 g/mol. The summed E-state index contributed by atoms with van der Waals surface area (Å²) in [6.07, 6.45) is 4.10. The second kappa shape index (κ2) is 3.69. The summed E-state index contributed by atoms with van der Waals surface area (Å²) in [4.78, 5) is 12.3. The number of carbonyl (C=O) groups is 1. The topological polar surface area (TPSA) is 55.1 Å². The van der Waals surface area contributed by atoms with Gasteiger partial charge in [0.15, 0.2) is 0 Å². The molecule has 0 aromatic carbocycles. The van der Waals surface area contributed by atoms with Crippen LogP contribution in [0.15, 0.2) is 0 Å². The number of rotatable bonds is 5. The zero-order valence-corrected chi connectivity index (χ0v) is 10.8. The molecule has 0 unspecified atom stereocenters. The Balaban J connectivity index is 1.88. The Morgan fingerprint density at radius 2 is 1.94 bits per heavy atom. The predicted octanol–water partition coefficient (Wildman–Crippen LogP) is 1.61. The number of amides is 1. The van der Waals surface area contributed by atoms with E-state index in [1.807, 2.05) is 0 Å². The Kier molecular flexibility index (Phi) is 2.73. The van der Waals surface area contributed by atoms with Crippen LogP contribution in [-0.2, 0) is 4.79 Å². The standard InChI is InChI=1S/C12H20N2OS/c1-8(2)11(3-4-11)7-14-10(15)12(5-6-12)9(13)16/h8H,3-7H2,1-2H3,(H2,13,16)(H,14,15). The molecule has 2 aliphatic rings. The number of nitrogens with two attached hydrogens (primary N) is 1. The van der Waals surface area contributed by atoms with E-state index in [0.29, 0.717) is 16.3 Å². The van der Waals surface area contributed by atoms with E-state index in [1.54, 1.807) is 0 Å². The summed E-state index contributed by atoms with van der Waals surface area (Å²) >= 11 is 4.96. The Morgan fingerprint density at radius 1 is 1.38 bits per heavy atom. The molecule has 2 rings (SSSR count). The van der Waals surface area contributed by atoms with Crippen molar-refractivity contribution in [2.75, 3.05) is 6.54 Å². The first-order valence-electron chi connectivity index (χ1n) is 6.01. The van der Waals surface area contributed by atoms with Crippen molar-refractivity contribution in [1.82, 2.24) is 5.32 Å². The van der Waals surface area contributed by atoms with Crippen LogP contribution in [0.25, 0.3) is 0 Å². The number of nitrogens with one attached hydrogen (secondary N) is 1. The van der Waals surface area contributed by atoms with Gasteiger partial charge in [0.1, 0.15) is 0 Å². The average Bonchev–Trinajstić information content (AvgIpc) is 3.08. The predicted molar refractivity (Wildman–Crippen MR) is 68.0 cm³/mol. The molecule has 2 saturated carbocycles. The lowest BCUT2D eigenvalue weighted by Crippen LogP contribution is -2.42. The number of hydrogen-bond acceptors (Lipinski definition) is 2. The van der Waals surface area contributed by atoms with Gasteiger partial charge in [-0.15, -0.1) is 0 Å². The normalized spacial score (nSPS) is 23.9. The summed E-state index contributed by atoms with van der Waals surface area (Å²) in [7, 11) is 0. The third-order valence-corrected chi connectivity index (χ3v) is 4.77. The molecule has 3 N–H and O–H groups in total. The van der Waals surface area contributed by atoms with Crippen molar-refractivity contribution >= 4 is 23.1 Å². The summed E-state index contributed by atoms with van der Waals surface area (Å²) in [6.45, 7) is 5.23. The molecular formula is C12H20N2OS. The van der Waals surface area contributed by atoms with Gasteiger partial charge in [0.2, 0.25) is 5.91 Å². The minimum absolute atomic E-state index is 0.0481. The highest BCUT2D eigenvalue weighted by Gasteiger charge is 2.54. The number of carbonyl (C=O) groups excluding carboxylic acids is 1. The van der Waals surface area contributed by atoms with Gasteiger partial charge in [-0.05, 0) is 37.0 Å². The van der Waals surface area contributed by atoms with Crippen molar-refractivity contribution < 1.29 is 4.79 Å². The summed E-state index contributed by atoms with van der Waals surface area (Å²) in [5.41, 5.74) is 5.47. The molecule has 0 saturated heterocycles. The second-order valence-corrected chi connectivity index (χ2v) is 6.09. The lowest BCUT2D eigenvalue weighted by molar-refractivity contribution is -0.124. The SMILES string of the molecule is CC(C)C1(CNC(=O)C2(C(N)=S)CC2)CC1. The molecule has 4 heteroatoms. The Morgan fingerprint density at radius 3 is 2.25 bits per heavy atom. The molecule has 0 radical (unpaired) electrons.